The number of anilines is 1. The highest BCUT2D eigenvalue weighted by atomic mass is 16.5. The fourth-order valence-electron chi connectivity index (χ4n) is 3.83. The van der Waals surface area contributed by atoms with Gasteiger partial charge in [-0.15, -0.1) is 0 Å². The summed E-state index contributed by atoms with van der Waals surface area (Å²) >= 11 is 0. The van der Waals surface area contributed by atoms with E-state index in [2.05, 4.69) is 28.4 Å². The molecule has 1 saturated carbocycles. The maximum atomic E-state index is 6.24. The summed E-state index contributed by atoms with van der Waals surface area (Å²) in [4.78, 5) is 9.33. The molecule has 136 valence electrons. The molecule has 2 aromatic heterocycles. The lowest BCUT2D eigenvalue weighted by molar-refractivity contribution is 0.309. The molecule has 3 aromatic rings. The van der Waals surface area contributed by atoms with Crippen LogP contribution < -0.4 is 10.5 Å². The number of aromatic nitrogens is 3. The van der Waals surface area contributed by atoms with Crippen molar-refractivity contribution in [2.24, 2.45) is 0 Å². The average Bonchev–Trinajstić information content (AvgIpc) is 3.30. The van der Waals surface area contributed by atoms with E-state index in [4.69, 9.17) is 15.5 Å². The Morgan fingerprint density at radius 2 is 2.12 bits per heavy atom. The molecule has 5 heteroatoms. The minimum atomic E-state index is 0.502. The van der Waals surface area contributed by atoms with E-state index in [1.54, 1.807) is 6.20 Å². The first-order chi connectivity index (χ1) is 12.8. The molecule has 5 nitrogen and oxygen atoms in total. The summed E-state index contributed by atoms with van der Waals surface area (Å²) in [6.45, 7) is 2.90. The molecule has 2 N–H and O–H groups in total. The first-order valence-corrected chi connectivity index (χ1v) is 9.63. The van der Waals surface area contributed by atoms with Crippen molar-refractivity contribution in [1.29, 1.82) is 0 Å². The molecule has 0 unspecified atom stereocenters. The van der Waals surface area contributed by atoms with E-state index in [1.165, 1.54) is 25.7 Å². The van der Waals surface area contributed by atoms with E-state index >= 15 is 0 Å². The van der Waals surface area contributed by atoms with Crippen molar-refractivity contribution in [3.63, 3.8) is 0 Å². The highest BCUT2D eigenvalue weighted by Gasteiger charge is 2.25. The number of nitrogens with two attached hydrogens (primary N) is 1. The van der Waals surface area contributed by atoms with Crippen LogP contribution >= 0.6 is 0 Å². The van der Waals surface area contributed by atoms with Gasteiger partial charge in [0, 0.05) is 23.9 Å². The van der Waals surface area contributed by atoms with Gasteiger partial charge in [-0.25, -0.2) is 9.97 Å². The van der Waals surface area contributed by atoms with Gasteiger partial charge in [0.15, 0.2) is 0 Å². The van der Waals surface area contributed by atoms with Crippen molar-refractivity contribution in [2.75, 3.05) is 12.3 Å². The monoisotopic (exact) mass is 350 g/mol. The zero-order chi connectivity index (χ0) is 17.9. The fraction of sp³-hybridized carbons (Fsp3) is 0.429. The van der Waals surface area contributed by atoms with Crippen molar-refractivity contribution in [1.82, 2.24) is 14.4 Å². The third-order valence-electron chi connectivity index (χ3n) is 5.20. The zero-order valence-corrected chi connectivity index (χ0v) is 15.3. The Bertz CT molecular complexity index is 896. The van der Waals surface area contributed by atoms with Crippen molar-refractivity contribution in [3.8, 4) is 17.0 Å². The van der Waals surface area contributed by atoms with E-state index in [1.807, 2.05) is 18.3 Å². The van der Waals surface area contributed by atoms with E-state index < -0.39 is 0 Å². The van der Waals surface area contributed by atoms with Crippen molar-refractivity contribution in [3.05, 3.63) is 42.5 Å². The molecule has 1 aromatic carbocycles. The van der Waals surface area contributed by atoms with Gasteiger partial charge in [0.2, 0.25) is 0 Å². The van der Waals surface area contributed by atoms with Crippen LogP contribution in [0.15, 0.2) is 36.7 Å². The molecule has 0 radical (unpaired) electrons. The Labute approximate surface area is 154 Å². The minimum Gasteiger partial charge on any atom is -0.494 e. The van der Waals surface area contributed by atoms with Crippen molar-refractivity contribution < 1.29 is 4.74 Å². The number of hydrogen-bond acceptors (Lipinski definition) is 4. The maximum absolute atomic E-state index is 6.24. The Morgan fingerprint density at radius 3 is 2.92 bits per heavy atom. The average molecular weight is 350 g/mol. The van der Waals surface area contributed by atoms with Gasteiger partial charge in [-0.05, 0) is 31.4 Å². The van der Waals surface area contributed by atoms with Crippen LogP contribution in [0.25, 0.3) is 16.8 Å². The molecular weight excluding hydrogens is 324 g/mol. The second kappa shape index (κ2) is 7.36. The maximum Gasteiger partial charge on any atom is 0.150 e. The van der Waals surface area contributed by atoms with Crippen molar-refractivity contribution in [2.45, 2.75) is 51.4 Å². The minimum absolute atomic E-state index is 0.502. The Kier molecular flexibility index (Phi) is 4.78. The summed E-state index contributed by atoms with van der Waals surface area (Å²) in [5, 5.41) is 0. The summed E-state index contributed by atoms with van der Waals surface area (Å²) < 4.78 is 8.01. The van der Waals surface area contributed by atoms with Gasteiger partial charge in [0.05, 0.1) is 6.61 Å². The normalized spacial score (nSPS) is 15.0. The molecule has 0 aliphatic heterocycles. The third-order valence-corrected chi connectivity index (χ3v) is 5.20. The zero-order valence-electron chi connectivity index (χ0n) is 15.3. The highest BCUT2D eigenvalue weighted by molar-refractivity contribution is 5.85. The van der Waals surface area contributed by atoms with Gasteiger partial charge in [-0.1, -0.05) is 38.3 Å². The lowest BCUT2D eigenvalue weighted by atomic mass is 10.1. The quantitative estimate of drug-likeness (QED) is 0.648. The first-order valence-electron chi connectivity index (χ1n) is 9.63. The molecule has 1 fully saturated rings. The third kappa shape index (κ3) is 3.14. The molecule has 0 bridgehead atoms. The number of unbranched alkanes of at least 4 members (excludes halogenated alkanes) is 1. The van der Waals surface area contributed by atoms with E-state index in [0.717, 1.165) is 47.8 Å². The van der Waals surface area contributed by atoms with Gasteiger partial charge in [0.25, 0.3) is 0 Å². The molecule has 0 atom stereocenters. The predicted octanol–water partition coefficient (Wildman–Crippen LogP) is 4.82. The van der Waals surface area contributed by atoms with Gasteiger partial charge in [-0.3, -0.25) is 4.40 Å². The topological polar surface area (TPSA) is 65.4 Å². The van der Waals surface area contributed by atoms with Crippen LogP contribution in [0.3, 0.4) is 0 Å². The van der Waals surface area contributed by atoms with Gasteiger partial charge < -0.3 is 10.5 Å². The number of hydrogen-bond donors (Lipinski definition) is 1. The summed E-state index contributed by atoms with van der Waals surface area (Å²) in [6, 6.07) is 8.14. The molecule has 1 aliphatic carbocycles. The van der Waals surface area contributed by atoms with Gasteiger partial charge >= 0.3 is 0 Å². The first kappa shape index (κ1) is 16.9. The summed E-state index contributed by atoms with van der Waals surface area (Å²) in [7, 11) is 0. The molecular formula is C21H26N4O. The number of imidazole rings is 1. The van der Waals surface area contributed by atoms with Crippen LogP contribution in [0.5, 0.6) is 5.75 Å². The molecule has 1 aliphatic rings. The van der Waals surface area contributed by atoms with Crippen LogP contribution in [0, 0.1) is 0 Å². The largest absolute Gasteiger partial charge is 0.494 e. The van der Waals surface area contributed by atoms with E-state index in [0.29, 0.717) is 11.7 Å². The van der Waals surface area contributed by atoms with Crippen LogP contribution in [0.2, 0.25) is 0 Å². The lowest BCUT2D eigenvalue weighted by Gasteiger charge is -2.07. The van der Waals surface area contributed by atoms with Crippen molar-refractivity contribution >= 4 is 11.3 Å². The fourth-order valence-corrected chi connectivity index (χ4v) is 3.83. The summed E-state index contributed by atoms with van der Waals surface area (Å²) in [6.07, 6.45) is 10.9. The Morgan fingerprint density at radius 1 is 1.27 bits per heavy atom. The molecule has 2 heterocycles. The van der Waals surface area contributed by atoms with Gasteiger partial charge in [0.1, 0.15) is 28.6 Å². The molecule has 0 spiro atoms. The summed E-state index contributed by atoms with van der Waals surface area (Å²) in [5.74, 6) is 3.01. The summed E-state index contributed by atoms with van der Waals surface area (Å²) in [5.41, 5.74) is 9.07. The lowest BCUT2D eigenvalue weighted by Crippen LogP contribution is -2.01. The number of ether oxygens (including phenoxy) is 1. The van der Waals surface area contributed by atoms with Crippen LogP contribution in [-0.4, -0.2) is 21.0 Å². The number of benzene rings is 1. The van der Waals surface area contributed by atoms with E-state index in [9.17, 15) is 0 Å². The highest BCUT2D eigenvalue weighted by Crippen LogP contribution is 2.38. The Hall–Kier alpha value is -2.56. The smallest absolute Gasteiger partial charge is 0.150 e. The number of rotatable bonds is 6. The number of fused-ring (bicyclic) bond motifs is 1. The Balaban J connectivity index is 1.77. The van der Waals surface area contributed by atoms with E-state index in [-0.39, 0.29) is 0 Å². The molecule has 26 heavy (non-hydrogen) atoms. The number of nitrogens with zero attached hydrogens (tertiary/aromatic N) is 3. The standard InChI is InChI=1S/C21H26N4O/c1-2-3-13-26-17-10-6-9-16(14-17)18-19-20(22)23-11-12-25(19)21(24-18)15-7-4-5-8-15/h6,9-12,14-15H,2-5,7-8,13H2,1H3,(H2,22,23). The molecule has 4 rings (SSSR count). The molecule has 0 amide bonds. The SMILES string of the molecule is CCCCOc1cccc(-c2nc(C3CCCC3)n3ccnc(N)c23)c1. The predicted molar refractivity (Wildman–Crippen MR) is 104 cm³/mol. The van der Waals surface area contributed by atoms with Gasteiger partial charge in [-0.2, -0.15) is 0 Å². The molecule has 0 saturated heterocycles. The second-order valence-electron chi connectivity index (χ2n) is 7.06. The second-order valence-corrected chi connectivity index (χ2v) is 7.06. The van der Waals surface area contributed by atoms with Crippen LogP contribution in [0.1, 0.15) is 57.2 Å². The van der Waals surface area contributed by atoms with Crippen LogP contribution in [-0.2, 0) is 0 Å². The number of nitrogen functional groups attached to an aromatic ring is 1. The van der Waals surface area contributed by atoms with Crippen LogP contribution in [0.4, 0.5) is 5.82 Å².